The number of likely N-dealkylation sites (tertiary alicyclic amines) is 1. The number of carbonyl (C=O) groups excluding carboxylic acids is 1. The van der Waals surface area contributed by atoms with Crippen molar-refractivity contribution in [2.45, 2.75) is 31.5 Å². The summed E-state index contributed by atoms with van der Waals surface area (Å²) in [7, 11) is 0. The monoisotopic (exact) mass is 408 g/mol. The fourth-order valence-corrected chi connectivity index (χ4v) is 5.36. The molecule has 0 aliphatic carbocycles. The van der Waals surface area contributed by atoms with Crippen LogP contribution in [0.1, 0.15) is 27.9 Å². The lowest BCUT2D eigenvalue weighted by Gasteiger charge is -2.43. The lowest BCUT2D eigenvalue weighted by Crippen LogP contribution is -2.56. The number of aliphatic hydroxyl groups is 1. The number of piperidine rings is 1. The second-order valence-electron chi connectivity index (χ2n) is 7.90. The fourth-order valence-electron chi connectivity index (χ4n) is 4.59. The maximum absolute atomic E-state index is 13.0. The van der Waals surface area contributed by atoms with E-state index in [-0.39, 0.29) is 11.9 Å². The van der Waals surface area contributed by atoms with Gasteiger partial charge in [-0.05, 0) is 42.2 Å². The summed E-state index contributed by atoms with van der Waals surface area (Å²) in [6.45, 7) is 2.84. The van der Waals surface area contributed by atoms with Gasteiger partial charge >= 0.3 is 0 Å². The highest BCUT2D eigenvalue weighted by molar-refractivity contribution is 7.22. The molecule has 0 saturated carbocycles. The molecule has 7 heteroatoms. The lowest BCUT2D eigenvalue weighted by molar-refractivity contribution is -0.0137. The number of β-amino-alcohol motifs (C(OH)–C–C–N with tert-alkyl or cyclic N) is 1. The maximum atomic E-state index is 13.0. The molecule has 0 unspecified atom stereocenters. The van der Waals surface area contributed by atoms with Gasteiger partial charge in [0.15, 0.2) is 5.13 Å². The van der Waals surface area contributed by atoms with E-state index in [1.54, 1.807) is 11.0 Å². The van der Waals surface area contributed by atoms with Crippen molar-refractivity contribution in [3.05, 3.63) is 59.2 Å². The highest BCUT2D eigenvalue weighted by Gasteiger charge is 2.35. The van der Waals surface area contributed by atoms with E-state index in [1.165, 1.54) is 22.5 Å². The van der Waals surface area contributed by atoms with Gasteiger partial charge in [0.05, 0.1) is 16.3 Å². The molecule has 3 heterocycles. The highest BCUT2D eigenvalue weighted by atomic mass is 32.1. The fraction of sp³-hybridized carbons (Fsp3) is 0.364. The van der Waals surface area contributed by atoms with Crippen molar-refractivity contribution >= 4 is 32.6 Å². The molecular formula is C22H24N4O2S. The zero-order valence-electron chi connectivity index (χ0n) is 16.1. The van der Waals surface area contributed by atoms with Crippen molar-refractivity contribution in [2.24, 2.45) is 0 Å². The van der Waals surface area contributed by atoms with E-state index in [0.29, 0.717) is 23.8 Å². The van der Waals surface area contributed by atoms with Crippen molar-refractivity contribution in [3.8, 4) is 0 Å². The molecule has 0 spiro atoms. The summed E-state index contributed by atoms with van der Waals surface area (Å²) in [6.07, 6.45) is 1.26. The lowest BCUT2D eigenvalue weighted by atomic mass is 9.94. The molecule has 1 saturated heterocycles. The molecule has 150 valence electrons. The topological polar surface area (TPSA) is 82.7 Å². The Bertz CT molecular complexity index is 1070. The average Bonchev–Trinajstić information content (AvgIpc) is 3.12. The number of hydrogen-bond acceptors (Lipinski definition) is 6. The van der Waals surface area contributed by atoms with Crippen LogP contribution in [0.4, 0.5) is 5.13 Å². The number of nitrogens with two attached hydrogens (primary N) is 1. The first kappa shape index (κ1) is 18.5. The van der Waals surface area contributed by atoms with Crippen LogP contribution in [0.15, 0.2) is 42.5 Å². The number of hydrogen-bond donors (Lipinski definition) is 2. The Morgan fingerprint density at radius 3 is 2.83 bits per heavy atom. The van der Waals surface area contributed by atoms with Gasteiger partial charge in [-0.1, -0.05) is 35.6 Å². The summed E-state index contributed by atoms with van der Waals surface area (Å²) < 4.78 is 0.913. The number of aromatic nitrogens is 1. The number of rotatable bonds is 2. The molecule has 1 amide bonds. The van der Waals surface area contributed by atoms with Gasteiger partial charge in [-0.25, -0.2) is 4.98 Å². The van der Waals surface area contributed by atoms with Gasteiger partial charge in [0.2, 0.25) is 0 Å². The van der Waals surface area contributed by atoms with Crippen LogP contribution in [-0.4, -0.2) is 57.6 Å². The zero-order valence-corrected chi connectivity index (χ0v) is 16.9. The van der Waals surface area contributed by atoms with E-state index >= 15 is 0 Å². The Hall–Kier alpha value is -2.48. The van der Waals surface area contributed by atoms with Crippen molar-refractivity contribution in [1.82, 2.24) is 14.8 Å². The first-order valence-electron chi connectivity index (χ1n) is 10.0. The standard InChI is InChI=1S/C22H24N4O2S/c23-22-24-17-6-5-15(11-20(17)29-22)21(28)26-10-8-18(19(27)13-26)25-9-7-14-3-1-2-4-16(14)12-25/h1-6,11,18-19,27H,7-10,12-13H2,(H2,23,24)/t18-,19-/m0/s1. The summed E-state index contributed by atoms with van der Waals surface area (Å²) in [5, 5.41) is 11.4. The summed E-state index contributed by atoms with van der Waals surface area (Å²) in [5.74, 6) is -0.0413. The second kappa shape index (κ2) is 7.40. The molecule has 2 aromatic carbocycles. The average molecular weight is 409 g/mol. The van der Waals surface area contributed by atoms with Crippen LogP contribution in [0, 0.1) is 0 Å². The third-order valence-corrected chi connectivity index (χ3v) is 6.96. The minimum Gasteiger partial charge on any atom is -0.390 e. The van der Waals surface area contributed by atoms with Crippen molar-refractivity contribution in [1.29, 1.82) is 0 Å². The molecule has 3 N–H and O–H groups in total. The molecule has 2 aliphatic rings. The molecule has 1 aromatic heterocycles. The Labute approximate surface area is 173 Å². The number of thiazole rings is 1. The van der Waals surface area contributed by atoms with Gasteiger partial charge in [-0.15, -0.1) is 0 Å². The SMILES string of the molecule is Nc1nc2ccc(C(=O)N3CC[C@H](N4CCc5ccccc5C4)[C@@H](O)C3)cc2s1. The summed E-state index contributed by atoms with van der Waals surface area (Å²) in [6, 6.07) is 14.1. The molecule has 2 aliphatic heterocycles. The Kier molecular flexibility index (Phi) is 4.73. The van der Waals surface area contributed by atoms with E-state index in [4.69, 9.17) is 5.73 Å². The van der Waals surface area contributed by atoms with E-state index < -0.39 is 6.10 Å². The zero-order chi connectivity index (χ0) is 20.0. The number of nitrogen functional groups attached to an aromatic ring is 1. The molecule has 5 rings (SSSR count). The molecule has 2 atom stereocenters. The van der Waals surface area contributed by atoms with Crippen LogP contribution in [0.2, 0.25) is 0 Å². The van der Waals surface area contributed by atoms with Crippen molar-refractivity contribution in [3.63, 3.8) is 0 Å². The first-order valence-corrected chi connectivity index (χ1v) is 10.8. The highest BCUT2D eigenvalue weighted by Crippen LogP contribution is 2.28. The van der Waals surface area contributed by atoms with E-state index in [1.807, 2.05) is 12.1 Å². The molecule has 0 bridgehead atoms. The molecular weight excluding hydrogens is 384 g/mol. The van der Waals surface area contributed by atoms with Gasteiger partial charge in [0.25, 0.3) is 5.91 Å². The van der Waals surface area contributed by atoms with E-state index in [0.717, 1.165) is 36.1 Å². The minimum absolute atomic E-state index is 0.0413. The van der Waals surface area contributed by atoms with Gasteiger partial charge in [-0.2, -0.15) is 0 Å². The number of aliphatic hydroxyl groups excluding tert-OH is 1. The number of carbonyl (C=O) groups is 1. The largest absolute Gasteiger partial charge is 0.390 e. The van der Waals surface area contributed by atoms with E-state index in [2.05, 4.69) is 34.1 Å². The number of nitrogens with zero attached hydrogens (tertiary/aromatic N) is 3. The van der Waals surface area contributed by atoms with Gasteiger partial charge < -0.3 is 15.7 Å². The van der Waals surface area contributed by atoms with Gasteiger partial charge in [0, 0.05) is 37.8 Å². The molecule has 1 fully saturated rings. The number of anilines is 1. The summed E-state index contributed by atoms with van der Waals surface area (Å²) in [5.41, 5.74) is 9.96. The second-order valence-corrected chi connectivity index (χ2v) is 8.96. The summed E-state index contributed by atoms with van der Waals surface area (Å²) >= 11 is 1.38. The summed E-state index contributed by atoms with van der Waals surface area (Å²) in [4.78, 5) is 21.4. The molecule has 0 radical (unpaired) electrons. The predicted octanol–water partition coefficient (Wildman–Crippen LogP) is 2.51. The number of benzene rings is 2. The Balaban J connectivity index is 1.27. The Morgan fingerprint density at radius 2 is 2.00 bits per heavy atom. The van der Waals surface area contributed by atoms with E-state index in [9.17, 15) is 9.90 Å². The van der Waals surface area contributed by atoms with Crippen LogP contribution in [0.25, 0.3) is 10.2 Å². The Morgan fingerprint density at radius 1 is 1.17 bits per heavy atom. The first-order chi connectivity index (χ1) is 14.1. The molecule has 29 heavy (non-hydrogen) atoms. The smallest absolute Gasteiger partial charge is 0.253 e. The van der Waals surface area contributed by atoms with Gasteiger partial charge in [-0.3, -0.25) is 9.69 Å². The van der Waals surface area contributed by atoms with Crippen molar-refractivity contribution < 1.29 is 9.90 Å². The number of amides is 1. The number of fused-ring (bicyclic) bond motifs is 2. The molecule has 3 aromatic rings. The van der Waals surface area contributed by atoms with Crippen LogP contribution < -0.4 is 5.73 Å². The van der Waals surface area contributed by atoms with Gasteiger partial charge in [0.1, 0.15) is 0 Å². The van der Waals surface area contributed by atoms with Crippen LogP contribution in [0.5, 0.6) is 0 Å². The minimum atomic E-state index is -0.541. The quantitative estimate of drug-likeness (QED) is 0.681. The molecule has 6 nitrogen and oxygen atoms in total. The van der Waals surface area contributed by atoms with Crippen LogP contribution in [-0.2, 0) is 13.0 Å². The third kappa shape index (κ3) is 3.50. The predicted molar refractivity (Wildman–Crippen MR) is 115 cm³/mol. The van der Waals surface area contributed by atoms with Crippen molar-refractivity contribution in [2.75, 3.05) is 25.4 Å². The van der Waals surface area contributed by atoms with Crippen LogP contribution >= 0.6 is 11.3 Å². The maximum Gasteiger partial charge on any atom is 0.253 e. The normalized spacial score (nSPS) is 22.6. The van der Waals surface area contributed by atoms with Crippen LogP contribution in [0.3, 0.4) is 0 Å². The third-order valence-electron chi connectivity index (χ3n) is 6.11.